The third kappa shape index (κ3) is 4.24. The molecule has 0 saturated carbocycles. The van der Waals surface area contributed by atoms with Crippen molar-refractivity contribution in [1.29, 1.82) is 0 Å². The second-order valence-electron chi connectivity index (χ2n) is 6.95. The molecule has 2 heterocycles. The highest BCUT2D eigenvalue weighted by Gasteiger charge is 2.36. The minimum absolute atomic E-state index is 0.333. The van der Waals surface area contributed by atoms with Crippen molar-refractivity contribution in [3.63, 3.8) is 0 Å². The average molecular weight is 428 g/mol. The quantitative estimate of drug-likeness (QED) is 0.671. The molecule has 4 rings (SSSR count). The lowest BCUT2D eigenvalue weighted by Crippen LogP contribution is -2.42. The zero-order valence-electron chi connectivity index (χ0n) is 15.9. The van der Waals surface area contributed by atoms with Crippen LogP contribution in [0.15, 0.2) is 60.7 Å². The average Bonchev–Trinajstić information content (AvgIpc) is 3.37. The maximum absolute atomic E-state index is 12.8. The Hall–Kier alpha value is -2.55. The lowest BCUT2D eigenvalue weighted by Gasteiger charge is -2.20. The highest BCUT2D eigenvalue weighted by Crippen LogP contribution is 2.39. The molecule has 150 valence electrons. The third-order valence-corrected chi connectivity index (χ3v) is 7.18. The van der Waals surface area contributed by atoms with E-state index in [1.54, 1.807) is 0 Å². The number of benzene rings is 2. The Morgan fingerprint density at radius 3 is 2.31 bits per heavy atom. The van der Waals surface area contributed by atoms with Gasteiger partial charge in [0.1, 0.15) is 6.04 Å². The van der Waals surface area contributed by atoms with Crippen molar-refractivity contribution in [2.75, 3.05) is 18.1 Å². The third-order valence-electron chi connectivity index (χ3n) is 4.87. The van der Waals surface area contributed by atoms with Gasteiger partial charge in [-0.25, -0.2) is 13.4 Å². The first kappa shape index (κ1) is 19.8. The molecule has 8 heteroatoms. The molecule has 0 bridgehead atoms. The molecular weight excluding hydrogens is 406 g/mol. The molecule has 1 N–H and O–H groups in total. The summed E-state index contributed by atoms with van der Waals surface area (Å²) in [6.07, 6.45) is 2.33. The predicted molar refractivity (Wildman–Crippen MR) is 116 cm³/mol. The molecule has 1 atom stereocenters. The van der Waals surface area contributed by atoms with Gasteiger partial charge >= 0.3 is 0 Å². The number of anilines is 1. The number of aromatic nitrogens is 1. The monoisotopic (exact) mass is 427 g/mol. The number of amides is 1. The highest BCUT2D eigenvalue weighted by atomic mass is 32.2. The van der Waals surface area contributed by atoms with Crippen molar-refractivity contribution in [2.24, 2.45) is 0 Å². The Kier molecular flexibility index (Phi) is 5.49. The van der Waals surface area contributed by atoms with Crippen molar-refractivity contribution in [1.82, 2.24) is 9.29 Å². The van der Waals surface area contributed by atoms with E-state index in [-0.39, 0.29) is 5.91 Å². The normalized spacial score (nSPS) is 17.3. The van der Waals surface area contributed by atoms with Gasteiger partial charge in [-0.05, 0) is 18.4 Å². The summed E-state index contributed by atoms with van der Waals surface area (Å²) in [5, 5.41) is 3.31. The maximum Gasteiger partial charge on any atom is 0.244 e. The van der Waals surface area contributed by atoms with E-state index in [2.05, 4.69) is 10.3 Å². The number of thiazole rings is 1. The van der Waals surface area contributed by atoms with E-state index in [0.717, 1.165) is 28.0 Å². The first-order valence-corrected chi connectivity index (χ1v) is 12.0. The Balaban J connectivity index is 1.67. The summed E-state index contributed by atoms with van der Waals surface area (Å²) in [6.45, 7) is 0.374. The molecular formula is C21H21N3O3S2. The Morgan fingerprint density at radius 1 is 1.07 bits per heavy atom. The van der Waals surface area contributed by atoms with Crippen molar-refractivity contribution >= 4 is 32.4 Å². The molecule has 0 aliphatic carbocycles. The summed E-state index contributed by atoms with van der Waals surface area (Å²) in [5.74, 6) is -0.333. The number of carbonyl (C=O) groups excluding carboxylic acids is 1. The summed E-state index contributed by atoms with van der Waals surface area (Å²) < 4.78 is 25.2. The lowest BCUT2D eigenvalue weighted by atomic mass is 10.1. The van der Waals surface area contributed by atoms with Crippen molar-refractivity contribution < 1.29 is 13.2 Å². The first-order valence-electron chi connectivity index (χ1n) is 9.33. The van der Waals surface area contributed by atoms with Crippen LogP contribution >= 0.6 is 11.3 Å². The van der Waals surface area contributed by atoms with Gasteiger partial charge in [0, 0.05) is 12.1 Å². The molecule has 1 aliphatic rings. The zero-order chi connectivity index (χ0) is 20.4. The Morgan fingerprint density at radius 2 is 1.69 bits per heavy atom. The SMILES string of the molecule is CS(=O)(=O)N1CCC[C@H]1C(=O)Nc1nc(-c2ccccc2)c(-c2ccccc2)s1. The summed E-state index contributed by atoms with van der Waals surface area (Å²) in [7, 11) is -3.42. The largest absolute Gasteiger partial charge is 0.301 e. The number of hydrogen-bond donors (Lipinski definition) is 1. The molecule has 1 amide bonds. The fraction of sp³-hybridized carbons (Fsp3) is 0.238. The number of carbonyl (C=O) groups is 1. The van der Waals surface area contributed by atoms with Crippen LogP contribution in [-0.4, -0.2) is 42.5 Å². The molecule has 3 aromatic rings. The number of sulfonamides is 1. The van der Waals surface area contributed by atoms with E-state index in [0.29, 0.717) is 24.5 Å². The van der Waals surface area contributed by atoms with Crippen LogP contribution in [-0.2, 0) is 14.8 Å². The van der Waals surface area contributed by atoms with Gasteiger partial charge in [-0.15, -0.1) is 0 Å². The van der Waals surface area contributed by atoms with E-state index in [1.807, 2.05) is 60.7 Å². The van der Waals surface area contributed by atoms with Crippen molar-refractivity contribution in [2.45, 2.75) is 18.9 Å². The van der Waals surface area contributed by atoms with Crippen LogP contribution in [0.2, 0.25) is 0 Å². The molecule has 1 aliphatic heterocycles. The summed E-state index contributed by atoms with van der Waals surface area (Å²) >= 11 is 1.39. The van der Waals surface area contributed by atoms with Crippen LogP contribution in [0, 0.1) is 0 Å². The molecule has 2 aromatic carbocycles. The van der Waals surface area contributed by atoms with Crippen LogP contribution < -0.4 is 5.32 Å². The second kappa shape index (κ2) is 8.06. The number of nitrogens with zero attached hydrogens (tertiary/aromatic N) is 2. The topological polar surface area (TPSA) is 79.4 Å². The first-order chi connectivity index (χ1) is 13.9. The minimum atomic E-state index is -3.42. The van der Waals surface area contributed by atoms with Crippen LogP contribution in [0.1, 0.15) is 12.8 Å². The van der Waals surface area contributed by atoms with Gasteiger partial charge in [0.05, 0.1) is 16.8 Å². The Bertz CT molecular complexity index is 1060. The van der Waals surface area contributed by atoms with Gasteiger partial charge in [-0.1, -0.05) is 72.0 Å². The van der Waals surface area contributed by atoms with E-state index < -0.39 is 16.1 Å². The van der Waals surface area contributed by atoms with Crippen LogP contribution in [0.25, 0.3) is 21.7 Å². The van der Waals surface area contributed by atoms with Crippen molar-refractivity contribution in [3.8, 4) is 21.7 Å². The standard InChI is InChI=1S/C21H21N3O3S2/c1-29(26,27)24-14-8-13-17(24)20(25)23-21-22-18(15-9-4-2-5-10-15)19(28-21)16-11-6-3-7-12-16/h2-7,9-12,17H,8,13-14H2,1H3,(H,22,23,25)/t17-/m0/s1. The molecule has 29 heavy (non-hydrogen) atoms. The minimum Gasteiger partial charge on any atom is -0.301 e. The van der Waals surface area contributed by atoms with Gasteiger partial charge in [0.2, 0.25) is 15.9 Å². The maximum atomic E-state index is 12.8. The molecule has 1 saturated heterocycles. The van der Waals surface area contributed by atoms with E-state index in [4.69, 9.17) is 0 Å². The smallest absolute Gasteiger partial charge is 0.244 e. The molecule has 0 spiro atoms. The summed E-state index contributed by atoms with van der Waals surface area (Å²) in [6, 6.07) is 19.0. The fourth-order valence-corrected chi connectivity index (χ4v) is 5.66. The second-order valence-corrected chi connectivity index (χ2v) is 9.88. The zero-order valence-corrected chi connectivity index (χ0v) is 17.5. The molecule has 1 aromatic heterocycles. The van der Waals surface area contributed by atoms with Gasteiger partial charge in [-0.3, -0.25) is 4.79 Å². The van der Waals surface area contributed by atoms with E-state index in [9.17, 15) is 13.2 Å². The van der Waals surface area contributed by atoms with Crippen LogP contribution in [0.3, 0.4) is 0 Å². The van der Waals surface area contributed by atoms with Crippen molar-refractivity contribution in [3.05, 3.63) is 60.7 Å². The number of rotatable bonds is 5. The number of nitrogens with one attached hydrogen (secondary N) is 1. The van der Waals surface area contributed by atoms with Crippen LogP contribution in [0.4, 0.5) is 5.13 Å². The fourth-order valence-electron chi connectivity index (χ4n) is 3.54. The predicted octanol–water partition coefficient (Wildman–Crippen LogP) is 3.84. The molecule has 0 unspecified atom stereocenters. The van der Waals surface area contributed by atoms with Gasteiger partial charge in [0.15, 0.2) is 5.13 Å². The summed E-state index contributed by atoms with van der Waals surface area (Å²) in [4.78, 5) is 18.4. The van der Waals surface area contributed by atoms with Gasteiger partial charge < -0.3 is 5.32 Å². The lowest BCUT2D eigenvalue weighted by molar-refractivity contribution is -0.119. The molecule has 6 nitrogen and oxygen atoms in total. The summed E-state index contributed by atoms with van der Waals surface area (Å²) in [5.41, 5.74) is 2.77. The molecule has 1 fully saturated rings. The van der Waals surface area contributed by atoms with E-state index in [1.165, 1.54) is 15.6 Å². The van der Waals surface area contributed by atoms with Gasteiger partial charge in [-0.2, -0.15) is 4.31 Å². The van der Waals surface area contributed by atoms with E-state index >= 15 is 0 Å². The Labute approximate surface area is 174 Å². The number of hydrogen-bond acceptors (Lipinski definition) is 5. The van der Waals surface area contributed by atoms with Gasteiger partial charge in [0.25, 0.3) is 0 Å². The van der Waals surface area contributed by atoms with Crippen LogP contribution in [0.5, 0.6) is 0 Å². The molecule has 0 radical (unpaired) electrons. The highest BCUT2D eigenvalue weighted by molar-refractivity contribution is 7.88.